The lowest BCUT2D eigenvalue weighted by atomic mass is 9.97. The van der Waals surface area contributed by atoms with Crippen molar-refractivity contribution in [1.82, 2.24) is 14.9 Å². The average molecular weight is 372 g/mol. The highest BCUT2D eigenvalue weighted by Crippen LogP contribution is 2.22. The van der Waals surface area contributed by atoms with Crippen molar-refractivity contribution in [2.75, 3.05) is 6.54 Å². The Bertz CT molecular complexity index is 888. The van der Waals surface area contributed by atoms with Gasteiger partial charge in [-0.25, -0.2) is 4.98 Å². The first kappa shape index (κ1) is 18.7. The molecule has 1 unspecified atom stereocenters. The molecule has 0 bridgehead atoms. The van der Waals surface area contributed by atoms with Gasteiger partial charge in [0.15, 0.2) is 5.16 Å². The van der Waals surface area contributed by atoms with Gasteiger partial charge in [0, 0.05) is 13.6 Å². The number of nitrogens with zero attached hydrogens (tertiary/aromatic N) is 2. The SMILES string of the molecule is CC(Sc1nc2ccccc2c(=O)n1C)C(=O)NCCC1=CCCCC1. The van der Waals surface area contributed by atoms with E-state index in [1.807, 2.05) is 25.1 Å². The molecule has 0 saturated carbocycles. The lowest BCUT2D eigenvalue weighted by molar-refractivity contribution is -0.120. The Morgan fingerprint density at radius 3 is 2.92 bits per heavy atom. The highest BCUT2D eigenvalue weighted by Gasteiger charge is 2.18. The fourth-order valence-electron chi connectivity index (χ4n) is 3.14. The number of fused-ring (bicyclic) bond motifs is 1. The maximum Gasteiger partial charge on any atom is 0.261 e. The Morgan fingerprint density at radius 1 is 1.35 bits per heavy atom. The summed E-state index contributed by atoms with van der Waals surface area (Å²) >= 11 is 1.32. The molecule has 3 rings (SSSR count). The van der Waals surface area contributed by atoms with E-state index >= 15 is 0 Å². The maximum absolute atomic E-state index is 12.5. The van der Waals surface area contributed by atoms with Crippen molar-refractivity contribution in [1.29, 1.82) is 0 Å². The van der Waals surface area contributed by atoms with Gasteiger partial charge in [-0.3, -0.25) is 14.2 Å². The Labute approximate surface area is 157 Å². The first-order valence-corrected chi connectivity index (χ1v) is 10.0. The molecule has 1 aromatic carbocycles. The summed E-state index contributed by atoms with van der Waals surface area (Å²) in [6, 6.07) is 7.29. The lowest BCUT2D eigenvalue weighted by Crippen LogP contribution is -2.32. The Hall–Kier alpha value is -2.08. The number of hydrogen-bond acceptors (Lipinski definition) is 4. The van der Waals surface area contributed by atoms with Gasteiger partial charge < -0.3 is 5.32 Å². The molecule has 1 aliphatic rings. The Morgan fingerprint density at radius 2 is 2.15 bits per heavy atom. The number of aromatic nitrogens is 2. The van der Waals surface area contributed by atoms with E-state index in [0.29, 0.717) is 22.6 Å². The molecule has 1 atom stereocenters. The van der Waals surface area contributed by atoms with Crippen LogP contribution in [0.4, 0.5) is 0 Å². The molecule has 6 heteroatoms. The molecular weight excluding hydrogens is 346 g/mol. The van der Waals surface area contributed by atoms with E-state index in [4.69, 9.17) is 0 Å². The highest BCUT2D eigenvalue weighted by atomic mass is 32.2. The normalized spacial score (nSPS) is 15.5. The number of hydrogen-bond donors (Lipinski definition) is 1. The summed E-state index contributed by atoms with van der Waals surface area (Å²) in [7, 11) is 1.70. The van der Waals surface area contributed by atoms with Gasteiger partial charge in [-0.2, -0.15) is 0 Å². The van der Waals surface area contributed by atoms with Crippen molar-refractivity contribution in [3.8, 4) is 0 Å². The third kappa shape index (κ3) is 4.36. The van der Waals surface area contributed by atoms with Crippen molar-refractivity contribution in [2.24, 2.45) is 7.05 Å². The van der Waals surface area contributed by atoms with Crippen molar-refractivity contribution < 1.29 is 4.79 Å². The zero-order valence-corrected chi connectivity index (χ0v) is 16.1. The summed E-state index contributed by atoms with van der Waals surface area (Å²) < 4.78 is 1.52. The summed E-state index contributed by atoms with van der Waals surface area (Å²) in [5.74, 6) is -0.0196. The number of allylic oxidation sites excluding steroid dienone is 1. The number of para-hydroxylation sites is 1. The number of rotatable bonds is 6. The predicted molar refractivity (Wildman–Crippen MR) is 106 cm³/mol. The van der Waals surface area contributed by atoms with Crippen LogP contribution < -0.4 is 10.9 Å². The van der Waals surface area contributed by atoms with Gasteiger partial charge >= 0.3 is 0 Å². The number of carbonyl (C=O) groups is 1. The minimum absolute atomic E-state index is 0.0196. The molecule has 1 N–H and O–H groups in total. The summed E-state index contributed by atoms with van der Waals surface area (Å²) in [5.41, 5.74) is 2.03. The van der Waals surface area contributed by atoms with Gasteiger partial charge in [-0.15, -0.1) is 0 Å². The molecule has 0 aliphatic heterocycles. The van der Waals surface area contributed by atoms with Gasteiger partial charge in [0.05, 0.1) is 16.2 Å². The summed E-state index contributed by atoms with van der Waals surface area (Å²) in [6.45, 7) is 2.51. The highest BCUT2D eigenvalue weighted by molar-refractivity contribution is 8.00. The van der Waals surface area contributed by atoms with Crippen LogP contribution in [0.3, 0.4) is 0 Å². The van der Waals surface area contributed by atoms with Crippen molar-refractivity contribution in [2.45, 2.75) is 49.4 Å². The molecule has 0 spiro atoms. The molecule has 2 aromatic rings. The second-order valence-corrected chi connectivity index (χ2v) is 7.99. The minimum Gasteiger partial charge on any atom is -0.355 e. The molecule has 0 saturated heterocycles. The monoisotopic (exact) mass is 371 g/mol. The molecule has 1 aliphatic carbocycles. The van der Waals surface area contributed by atoms with Crippen molar-refractivity contribution in [3.05, 3.63) is 46.3 Å². The van der Waals surface area contributed by atoms with Crippen LogP contribution in [0.15, 0.2) is 45.9 Å². The number of nitrogens with one attached hydrogen (secondary N) is 1. The smallest absolute Gasteiger partial charge is 0.261 e. The molecule has 5 nitrogen and oxygen atoms in total. The van der Waals surface area contributed by atoms with E-state index in [1.165, 1.54) is 34.7 Å². The van der Waals surface area contributed by atoms with E-state index < -0.39 is 0 Å². The molecular formula is C20H25N3O2S. The first-order valence-electron chi connectivity index (χ1n) is 9.14. The fourth-order valence-corrected chi connectivity index (χ4v) is 4.03. The molecule has 138 valence electrons. The van der Waals surface area contributed by atoms with Gasteiger partial charge in [0.1, 0.15) is 0 Å². The third-order valence-corrected chi connectivity index (χ3v) is 5.87. The van der Waals surface area contributed by atoms with Crippen LogP contribution >= 0.6 is 11.8 Å². The van der Waals surface area contributed by atoms with Crippen LogP contribution in [0.25, 0.3) is 10.9 Å². The molecule has 1 aromatic heterocycles. The number of benzene rings is 1. The van der Waals surface area contributed by atoms with Crippen LogP contribution in [-0.2, 0) is 11.8 Å². The number of amides is 1. The quantitative estimate of drug-likeness (QED) is 0.480. The second kappa shape index (κ2) is 8.54. The standard InChI is InChI=1S/C20H25N3O2S/c1-14(18(24)21-13-12-15-8-4-3-5-9-15)26-20-22-17-11-7-6-10-16(17)19(25)23(20)2/h6-8,10-11,14H,3-5,9,12-13H2,1-2H3,(H,21,24). The topological polar surface area (TPSA) is 64.0 Å². The van der Waals surface area contributed by atoms with Crippen molar-refractivity contribution in [3.63, 3.8) is 0 Å². The van der Waals surface area contributed by atoms with Crippen LogP contribution in [0.1, 0.15) is 39.0 Å². The largest absolute Gasteiger partial charge is 0.355 e. The summed E-state index contributed by atoms with van der Waals surface area (Å²) in [5, 5.41) is 3.85. The van der Waals surface area contributed by atoms with Crippen LogP contribution in [-0.4, -0.2) is 27.3 Å². The maximum atomic E-state index is 12.5. The van der Waals surface area contributed by atoms with Crippen LogP contribution in [0.2, 0.25) is 0 Å². The average Bonchev–Trinajstić information content (AvgIpc) is 2.66. The predicted octanol–water partition coefficient (Wildman–Crippen LogP) is 3.42. The molecule has 26 heavy (non-hydrogen) atoms. The fraction of sp³-hybridized carbons (Fsp3) is 0.450. The minimum atomic E-state index is -0.311. The zero-order valence-electron chi connectivity index (χ0n) is 15.3. The molecule has 0 fully saturated rings. The van der Waals surface area contributed by atoms with E-state index in [-0.39, 0.29) is 16.7 Å². The van der Waals surface area contributed by atoms with Gasteiger partial charge in [-0.05, 0) is 51.2 Å². The van der Waals surface area contributed by atoms with Gasteiger partial charge in [0.25, 0.3) is 5.56 Å². The molecule has 1 heterocycles. The Balaban J connectivity index is 1.62. The lowest BCUT2D eigenvalue weighted by Gasteiger charge is -2.15. The van der Waals surface area contributed by atoms with Crippen LogP contribution in [0.5, 0.6) is 0 Å². The first-order chi connectivity index (χ1) is 12.6. The molecule has 0 radical (unpaired) electrons. The van der Waals surface area contributed by atoms with E-state index in [9.17, 15) is 9.59 Å². The Kier molecular flexibility index (Phi) is 6.14. The van der Waals surface area contributed by atoms with E-state index in [2.05, 4.69) is 16.4 Å². The molecule has 1 amide bonds. The van der Waals surface area contributed by atoms with Crippen molar-refractivity contribution >= 4 is 28.6 Å². The van der Waals surface area contributed by atoms with E-state index in [0.717, 1.165) is 19.3 Å². The summed E-state index contributed by atoms with van der Waals surface area (Å²) in [4.78, 5) is 29.4. The van der Waals surface area contributed by atoms with Gasteiger partial charge in [-0.1, -0.05) is 35.5 Å². The summed E-state index contributed by atoms with van der Waals surface area (Å²) in [6.07, 6.45) is 8.09. The second-order valence-electron chi connectivity index (χ2n) is 6.68. The zero-order chi connectivity index (χ0) is 18.5. The van der Waals surface area contributed by atoms with Crippen LogP contribution in [0, 0.1) is 0 Å². The number of carbonyl (C=O) groups excluding carboxylic acids is 1. The number of thioether (sulfide) groups is 1. The van der Waals surface area contributed by atoms with Gasteiger partial charge in [0.2, 0.25) is 5.91 Å². The third-order valence-electron chi connectivity index (χ3n) is 4.72. The van der Waals surface area contributed by atoms with E-state index in [1.54, 1.807) is 13.1 Å².